The second-order valence-electron chi connectivity index (χ2n) is 0.600. The van der Waals surface area contributed by atoms with Crippen molar-refractivity contribution >= 4 is 9.05 Å². The molecule has 0 spiro atoms. The van der Waals surface area contributed by atoms with Gasteiger partial charge in [-0.25, -0.2) is 0 Å². The van der Waals surface area contributed by atoms with E-state index in [-0.39, 0.29) is 111 Å². The Morgan fingerprint density at radius 3 is 0.438 bits per heavy atom. The Balaban J connectivity index is -0.00000000103. The third-order valence-corrected chi connectivity index (χ3v) is 0. The predicted molar refractivity (Wildman–Crippen MR) is 49.4 cm³/mol. The molecule has 0 aromatic carbocycles. The topological polar surface area (TPSA) is 364 Å². The Bertz CT molecular complexity index is 38.5. The Hall–Kier alpha value is 1.70. The summed E-state index contributed by atoms with van der Waals surface area (Å²) < 4.78 is 0. The molecule has 0 aliphatic carbocycles. The van der Waals surface area contributed by atoms with Crippen molar-refractivity contribution < 1.29 is 130 Å². The van der Waals surface area contributed by atoms with E-state index in [1.165, 1.54) is 0 Å². The summed E-state index contributed by atoms with van der Waals surface area (Å²) in [6.45, 7) is 0. The molecule has 0 heterocycles. The Kier molecular flexibility index (Phi) is 660. The maximum Gasteiger partial charge on any atom is 1.00 e. The maximum atomic E-state index is 7.33. The van der Waals surface area contributed by atoms with Gasteiger partial charge in [0.2, 0.25) is 0 Å². The Labute approximate surface area is 139 Å². The van der Waals surface area contributed by atoms with Crippen LogP contribution >= 0.6 is 0 Å². The van der Waals surface area contributed by atoms with E-state index in [4.69, 9.17) is 19.2 Å². The maximum absolute atomic E-state index is 7.33. The molecule has 0 radical (unpaired) electrons. The first kappa shape index (κ1) is 152. The second-order valence-corrected chi connectivity index (χ2v) is 1.80. The van der Waals surface area contributed by atoms with Gasteiger partial charge in [0.25, 0.3) is 0 Å². The molecular weight excluding hydrogens is 282 g/mol. The van der Waals surface area contributed by atoms with Gasteiger partial charge in [-0.1, -0.05) is 0 Å². The van der Waals surface area contributed by atoms with Crippen LogP contribution in [0.5, 0.6) is 0 Å². The summed E-state index contributed by atoms with van der Waals surface area (Å²) in [5, 5.41) is 0. The van der Waals surface area contributed by atoms with Gasteiger partial charge in [0.1, 0.15) is 0 Å². The van der Waals surface area contributed by atoms with Gasteiger partial charge in [-0.3, -0.25) is 0 Å². The molecule has 0 atom stereocenters. The summed E-state index contributed by atoms with van der Waals surface area (Å²) in [6, 6.07) is 0. The van der Waals surface area contributed by atoms with Crippen molar-refractivity contribution in [1.29, 1.82) is 0 Å². The van der Waals surface area contributed by atoms with Crippen LogP contribution in [0.3, 0.4) is 0 Å². The molecule has 0 bridgehead atoms. The zero-order valence-corrected chi connectivity index (χ0v) is 13.8. The van der Waals surface area contributed by atoms with Crippen molar-refractivity contribution in [2.24, 2.45) is 0 Å². The van der Waals surface area contributed by atoms with Crippen LogP contribution in [0.4, 0.5) is 0 Å². The predicted octanol–water partition coefficient (Wildman–Crippen LogP) is -15.8. The summed E-state index contributed by atoms with van der Waals surface area (Å²) in [4.78, 5) is 29.3. The molecule has 0 aromatic rings. The summed E-state index contributed by atoms with van der Waals surface area (Å²) >= 11 is 0. The number of hydrogen-bond donors (Lipinski definition) is 4. The quantitative estimate of drug-likeness (QED) is 0.316. The average Bonchev–Trinajstić information content (AvgIpc) is 0.722. The third kappa shape index (κ3) is 1180. The van der Waals surface area contributed by atoms with Gasteiger partial charge in [0.05, 0.1) is 0 Å². The van der Waals surface area contributed by atoms with Gasteiger partial charge in [-0.15, -0.1) is 0 Å². The van der Waals surface area contributed by atoms with Crippen LogP contribution in [0.1, 0.15) is 2.85 Å². The minimum atomic E-state index is -4.61. The van der Waals surface area contributed by atoms with E-state index < -0.39 is 9.05 Å². The van der Waals surface area contributed by atoms with Gasteiger partial charge in [0, 0.05) is 0 Å². The van der Waals surface area contributed by atoms with Crippen LogP contribution in [0, 0.1) is 0 Å². The van der Waals surface area contributed by atoms with Gasteiger partial charge in [-0.05, 0) is 0 Å². The number of hydrogen-bond acceptors (Lipinski definition) is 4. The van der Waals surface area contributed by atoms with Gasteiger partial charge >= 0.3 is 68.2 Å². The molecule has 0 saturated carbocycles. The van der Waals surface area contributed by atoms with E-state index in [1.807, 2.05) is 0 Å². The summed E-state index contributed by atoms with van der Waals surface area (Å²) in [6.07, 6.45) is 0. The van der Waals surface area contributed by atoms with Gasteiger partial charge in [-0.2, -0.15) is 0 Å². The molecule has 16 heavy (non-hydrogen) atoms. The van der Waals surface area contributed by atoms with E-state index in [9.17, 15) is 0 Å². The van der Waals surface area contributed by atoms with Crippen molar-refractivity contribution in [1.82, 2.24) is 0 Å². The van der Waals surface area contributed by atoms with Gasteiger partial charge in [0.15, 0.2) is 0 Å². The van der Waals surface area contributed by atoms with Crippen LogP contribution in [0.2, 0.25) is 0 Å². The van der Waals surface area contributed by atoms with Crippen LogP contribution in [-0.2, 0) is 0 Å². The van der Waals surface area contributed by atoms with E-state index in [0.717, 1.165) is 0 Å². The van der Waals surface area contributed by atoms with Crippen molar-refractivity contribution in [3.8, 4) is 0 Å². The van der Waals surface area contributed by atoms with Crippen molar-refractivity contribution in [3.63, 3.8) is 0 Å². The first-order valence-corrected chi connectivity index (χ1v) is 2.68. The minimum Gasteiger partial charge on any atom is -1.00 e. The van der Waals surface area contributed by atoms with Crippen LogP contribution in [-0.4, -0.2) is 77.5 Å². The standard InChI is InChI=1S/2Na.H4O4Si.9H2O.2H/c;;1-5(2,3)4;;;;;;;;;;;/h;;1-4H;9*1H2;;/q2*+1;;;;;;;;;;;2*-1. The molecule has 22 N–H and O–H groups in total. The van der Waals surface area contributed by atoms with Crippen LogP contribution < -0.4 is 59.1 Å². The largest absolute Gasteiger partial charge is 1.00 e. The first-order valence-electron chi connectivity index (χ1n) is 0.894. The Morgan fingerprint density at radius 1 is 0.438 bits per heavy atom. The zero-order chi connectivity index (χ0) is 4.50. The second kappa shape index (κ2) is 69.4. The molecule has 0 amide bonds. The first-order chi connectivity index (χ1) is 2.00. The molecule has 0 fully saturated rings. The molecule has 0 aliphatic heterocycles. The smallest absolute Gasteiger partial charge is 1.00 e. The normalized spacial score (nSPS) is 3.75. The minimum absolute atomic E-state index is 0. The van der Waals surface area contributed by atoms with Crippen molar-refractivity contribution in [2.75, 3.05) is 0 Å². The molecular formula is H24Na2O13Si. The molecule has 0 aromatic heterocycles. The monoisotopic (exact) mass is 306 g/mol. The SMILES string of the molecule is O.O.O.O.O.O.O.O.O.O[Si](O)(O)O.[H-].[H-].[Na+].[Na+]. The molecule has 16 heteroatoms. The van der Waals surface area contributed by atoms with Crippen molar-refractivity contribution in [2.45, 2.75) is 0 Å². The van der Waals surface area contributed by atoms with Crippen LogP contribution in [0.15, 0.2) is 0 Å². The van der Waals surface area contributed by atoms with Crippen molar-refractivity contribution in [3.05, 3.63) is 0 Å². The Morgan fingerprint density at radius 2 is 0.438 bits per heavy atom. The van der Waals surface area contributed by atoms with E-state index >= 15 is 0 Å². The fourth-order valence-electron chi connectivity index (χ4n) is 0. The van der Waals surface area contributed by atoms with Crippen LogP contribution in [0.25, 0.3) is 0 Å². The summed E-state index contributed by atoms with van der Waals surface area (Å²) in [7, 11) is -4.61. The zero-order valence-electron chi connectivity index (χ0n) is 10.8. The molecule has 0 rings (SSSR count). The van der Waals surface area contributed by atoms with E-state index in [2.05, 4.69) is 0 Å². The fourth-order valence-corrected chi connectivity index (χ4v) is 0. The van der Waals surface area contributed by atoms with E-state index in [0.29, 0.717) is 0 Å². The average molecular weight is 306 g/mol. The molecule has 0 unspecified atom stereocenters. The summed E-state index contributed by atoms with van der Waals surface area (Å²) in [5.74, 6) is 0. The number of rotatable bonds is 0. The fraction of sp³-hybridized carbons (Fsp3) is 0. The molecule has 13 nitrogen and oxygen atoms in total. The van der Waals surface area contributed by atoms with Gasteiger partial charge < -0.3 is 71.3 Å². The van der Waals surface area contributed by atoms with E-state index in [1.54, 1.807) is 0 Å². The molecule has 108 valence electrons. The molecule has 0 aliphatic rings. The third-order valence-electron chi connectivity index (χ3n) is 0. The summed E-state index contributed by atoms with van der Waals surface area (Å²) in [5.41, 5.74) is 0. The molecule has 0 saturated heterocycles.